The SMILES string of the molecule is Cc1cccc(-c2ccc(-c3cc4cnc(NC5COC5)nc4n(CCCS(N)(=O)=O)c3=O)c(C)c2)n1. The highest BCUT2D eigenvalue weighted by Gasteiger charge is 2.20. The zero-order chi connectivity index (χ0) is 26.2. The van der Waals surface area contributed by atoms with Gasteiger partial charge in [-0.1, -0.05) is 18.2 Å². The van der Waals surface area contributed by atoms with Gasteiger partial charge in [-0.2, -0.15) is 4.98 Å². The lowest BCUT2D eigenvalue weighted by Crippen LogP contribution is -2.40. The van der Waals surface area contributed by atoms with E-state index in [9.17, 15) is 13.2 Å². The van der Waals surface area contributed by atoms with Crippen molar-refractivity contribution in [3.8, 4) is 22.4 Å². The minimum Gasteiger partial charge on any atom is -0.377 e. The van der Waals surface area contributed by atoms with E-state index in [1.807, 2.05) is 50.2 Å². The number of fused-ring (bicyclic) bond motifs is 1. The summed E-state index contributed by atoms with van der Waals surface area (Å²) in [5.41, 5.74) is 5.09. The Morgan fingerprint density at radius 1 is 1.11 bits per heavy atom. The molecular weight excluding hydrogens is 492 g/mol. The van der Waals surface area contributed by atoms with Crippen LogP contribution in [0.5, 0.6) is 0 Å². The zero-order valence-electron chi connectivity index (χ0n) is 20.6. The fraction of sp³-hybridized carbons (Fsp3) is 0.308. The normalized spacial score (nSPS) is 14.0. The summed E-state index contributed by atoms with van der Waals surface area (Å²) in [5.74, 6) is 0.150. The van der Waals surface area contributed by atoms with Crippen LogP contribution in [-0.2, 0) is 21.3 Å². The Bertz CT molecular complexity index is 1650. The molecule has 1 aliphatic rings. The topological polar surface area (TPSA) is 142 Å². The molecule has 3 aromatic heterocycles. The smallest absolute Gasteiger partial charge is 0.260 e. The van der Waals surface area contributed by atoms with Gasteiger partial charge < -0.3 is 10.1 Å². The van der Waals surface area contributed by atoms with Gasteiger partial charge in [-0.3, -0.25) is 14.3 Å². The van der Waals surface area contributed by atoms with Crippen molar-refractivity contribution in [2.45, 2.75) is 32.9 Å². The van der Waals surface area contributed by atoms with Crippen molar-refractivity contribution >= 4 is 27.0 Å². The van der Waals surface area contributed by atoms with E-state index in [1.54, 1.807) is 12.3 Å². The third-order valence-corrected chi connectivity index (χ3v) is 7.17. The van der Waals surface area contributed by atoms with E-state index in [1.165, 1.54) is 4.57 Å². The van der Waals surface area contributed by atoms with E-state index in [0.29, 0.717) is 35.8 Å². The Hall–Kier alpha value is -3.67. The van der Waals surface area contributed by atoms with Crippen LogP contribution in [0.3, 0.4) is 0 Å². The number of benzene rings is 1. The Morgan fingerprint density at radius 2 is 1.92 bits per heavy atom. The molecule has 1 saturated heterocycles. The predicted octanol–water partition coefficient (Wildman–Crippen LogP) is 2.63. The molecule has 5 rings (SSSR count). The van der Waals surface area contributed by atoms with Crippen molar-refractivity contribution in [2.24, 2.45) is 5.14 Å². The molecule has 1 aromatic carbocycles. The van der Waals surface area contributed by atoms with Gasteiger partial charge in [0.2, 0.25) is 16.0 Å². The molecule has 4 heterocycles. The minimum atomic E-state index is -3.66. The molecule has 192 valence electrons. The molecule has 1 fully saturated rings. The lowest BCUT2D eigenvalue weighted by Gasteiger charge is -2.26. The lowest BCUT2D eigenvalue weighted by atomic mass is 9.97. The van der Waals surface area contributed by atoms with Crippen LogP contribution in [0, 0.1) is 13.8 Å². The molecule has 0 atom stereocenters. The number of pyridine rings is 2. The predicted molar refractivity (Wildman–Crippen MR) is 143 cm³/mol. The Balaban J connectivity index is 1.58. The van der Waals surface area contributed by atoms with Crippen LogP contribution >= 0.6 is 0 Å². The van der Waals surface area contributed by atoms with Gasteiger partial charge in [0.05, 0.1) is 30.7 Å². The highest BCUT2D eigenvalue weighted by Crippen LogP contribution is 2.28. The maximum Gasteiger partial charge on any atom is 0.260 e. The second-order valence-corrected chi connectivity index (χ2v) is 11.0. The summed E-state index contributed by atoms with van der Waals surface area (Å²) in [7, 11) is -3.66. The summed E-state index contributed by atoms with van der Waals surface area (Å²) >= 11 is 0. The molecule has 0 aliphatic carbocycles. The largest absolute Gasteiger partial charge is 0.377 e. The molecule has 1 aliphatic heterocycles. The Labute approximate surface area is 214 Å². The number of anilines is 1. The third-order valence-electron chi connectivity index (χ3n) is 6.31. The molecular formula is C26H28N6O4S. The monoisotopic (exact) mass is 520 g/mol. The highest BCUT2D eigenvalue weighted by molar-refractivity contribution is 7.89. The van der Waals surface area contributed by atoms with Crippen LogP contribution in [0.4, 0.5) is 5.95 Å². The first-order valence-corrected chi connectivity index (χ1v) is 13.7. The van der Waals surface area contributed by atoms with E-state index < -0.39 is 10.0 Å². The second-order valence-electron chi connectivity index (χ2n) is 9.28. The maximum atomic E-state index is 13.8. The van der Waals surface area contributed by atoms with Crippen molar-refractivity contribution in [3.05, 3.63) is 70.3 Å². The molecule has 0 unspecified atom stereocenters. The van der Waals surface area contributed by atoms with Gasteiger partial charge in [0.25, 0.3) is 5.56 Å². The van der Waals surface area contributed by atoms with Crippen molar-refractivity contribution in [3.63, 3.8) is 0 Å². The molecule has 0 amide bonds. The number of aromatic nitrogens is 4. The van der Waals surface area contributed by atoms with Crippen LogP contribution < -0.4 is 16.0 Å². The number of hydrogen-bond acceptors (Lipinski definition) is 8. The van der Waals surface area contributed by atoms with Gasteiger partial charge in [0.1, 0.15) is 5.65 Å². The molecule has 11 heteroatoms. The quantitative estimate of drug-likeness (QED) is 0.361. The summed E-state index contributed by atoms with van der Waals surface area (Å²) < 4.78 is 29.8. The first-order chi connectivity index (χ1) is 17.7. The number of aryl methyl sites for hydroxylation is 3. The van der Waals surface area contributed by atoms with Crippen LogP contribution in [0.2, 0.25) is 0 Å². The summed E-state index contributed by atoms with van der Waals surface area (Å²) in [4.78, 5) is 27.4. The van der Waals surface area contributed by atoms with Crippen molar-refractivity contribution < 1.29 is 13.2 Å². The standard InChI is InChI=1S/C26H28N6O4S/c1-16-11-18(23-6-3-5-17(2)29-23)7-8-21(16)22-12-19-13-28-26(30-20-14-36-15-20)31-24(19)32(25(22)33)9-4-10-37(27,34)35/h3,5-8,11-13,20H,4,9-10,14-15H2,1-2H3,(H2,27,34,35)(H,28,30,31). The van der Waals surface area contributed by atoms with Crippen LogP contribution in [0.25, 0.3) is 33.4 Å². The van der Waals surface area contributed by atoms with Gasteiger partial charge in [0.15, 0.2) is 0 Å². The van der Waals surface area contributed by atoms with Gasteiger partial charge >= 0.3 is 0 Å². The first-order valence-electron chi connectivity index (χ1n) is 12.0. The number of hydrogen-bond donors (Lipinski definition) is 2. The fourth-order valence-corrected chi connectivity index (χ4v) is 4.91. The van der Waals surface area contributed by atoms with Crippen molar-refractivity contribution in [1.29, 1.82) is 0 Å². The molecule has 10 nitrogen and oxygen atoms in total. The maximum absolute atomic E-state index is 13.8. The van der Waals surface area contributed by atoms with Crippen LogP contribution in [-0.4, -0.2) is 52.9 Å². The fourth-order valence-electron chi connectivity index (χ4n) is 4.38. The lowest BCUT2D eigenvalue weighted by molar-refractivity contribution is 0.0208. The molecule has 37 heavy (non-hydrogen) atoms. The number of primary sulfonamides is 1. The van der Waals surface area contributed by atoms with Crippen LogP contribution in [0.15, 0.2) is 53.5 Å². The summed E-state index contributed by atoms with van der Waals surface area (Å²) in [6, 6.07) is 13.6. The van der Waals surface area contributed by atoms with E-state index in [-0.39, 0.29) is 30.3 Å². The van der Waals surface area contributed by atoms with E-state index in [2.05, 4.69) is 20.3 Å². The third kappa shape index (κ3) is 5.53. The Morgan fingerprint density at radius 3 is 2.59 bits per heavy atom. The number of ether oxygens (including phenoxy) is 1. The van der Waals surface area contributed by atoms with Gasteiger partial charge in [-0.25, -0.2) is 18.5 Å². The van der Waals surface area contributed by atoms with Crippen molar-refractivity contribution in [2.75, 3.05) is 24.3 Å². The number of nitrogens with zero attached hydrogens (tertiary/aromatic N) is 4. The van der Waals surface area contributed by atoms with Crippen LogP contribution in [0.1, 0.15) is 17.7 Å². The van der Waals surface area contributed by atoms with E-state index in [4.69, 9.17) is 9.88 Å². The number of nitrogens with two attached hydrogens (primary N) is 1. The molecule has 0 radical (unpaired) electrons. The molecule has 4 aromatic rings. The summed E-state index contributed by atoms with van der Waals surface area (Å²) in [5, 5.41) is 9.06. The zero-order valence-corrected chi connectivity index (χ0v) is 21.5. The Kier molecular flexibility index (Phi) is 6.76. The average Bonchev–Trinajstić information content (AvgIpc) is 2.82. The number of nitrogens with one attached hydrogen (secondary N) is 1. The minimum absolute atomic E-state index is 0.114. The highest BCUT2D eigenvalue weighted by atomic mass is 32.2. The second kappa shape index (κ2) is 10.0. The number of rotatable bonds is 8. The number of sulfonamides is 1. The van der Waals surface area contributed by atoms with Gasteiger partial charge in [-0.15, -0.1) is 0 Å². The first kappa shape index (κ1) is 25.0. The van der Waals surface area contributed by atoms with Gasteiger partial charge in [0, 0.05) is 34.9 Å². The van der Waals surface area contributed by atoms with E-state index in [0.717, 1.165) is 28.1 Å². The van der Waals surface area contributed by atoms with E-state index >= 15 is 0 Å². The van der Waals surface area contributed by atoms with Gasteiger partial charge in [-0.05, 0) is 55.7 Å². The summed E-state index contributed by atoms with van der Waals surface area (Å²) in [6.07, 6.45) is 1.85. The summed E-state index contributed by atoms with van der Waals surface area (Å²) in [6.45, 7) is 5.17. The average molecular weight is 521 g/mol. The molecule has 0 bridgehead atoms. The molecule has 3 N–H and O–H groups in total. The van der Waals surface area contributed by atoms with Crippen molar-refractivity contribution in [1.82, 2.24) is 19.5 Å². The molecule has 0 saturated carbocycles. The molecule has 0 spiro atoms.